The average Bonchev–Trinajstić information content (AvgIpc) is 3.09. The summed E-state index contributed by atoms with van der Waals surface area (Å²) in [5, 5.41) is 76.3. The molecular weight excluding hydrogens is 670 g/mol. The SMILES string of the molecule is CN[C@]1(O)CCO[C@H]2C[C@](O)(C(=O)O)[C@H](Cc3ccccc3)[C@@H](OC(=O)CC(=O)c3ccc(O)c(O)c3)[C@@]21OC(=O)C=Cc1ccc(O)c(O)c1. The van der Waals surface area contributed by atoms with Gasteiger partial charge >= 0.3 is 17.9 Å². The molecular formula is C36H37NO14. The fourth-order valence-electron chi connectivity index (χ4n) is 6.76. The predicted molar refractivity (Wildman–Crippen MR) is 175 cm³/mol. The minimum atomic E-state index is -2.69. The zero-order valence-corrected chi connectivity index (χ0v) is 27.3. The number of carboxylic acid groups (broad SMARTS) is 1. The Kier molecular flexibility index (Phi) is 10.4. The first-order valence-electron chi connectivity index (χ1n) is 15.8. The summed E-state index contributed by atoms with van der Waals surface area (Å²) in [7, 11) is 1.33. The van der Waals surface area contributed by atoms with Crippen LogP contribution in [-0.2, 0) is 35.0 Å². The molecule has 0 spiro atoms. The van der Waals surface area contributed by atoms with Crippen molar-refractivity contribution < 1.29 is 69.1 Å². The van der Waals surface area contributed by atoms with Gasteiger partial charge in [0.1, 0.15) is 12.5 Å². The van der Waals surface area contributed by atoms with Gasteiger partial charge in [-0.1, -0.05) is 36.4 Å². The summed E-state index contributed by atoms with van der Waals surface area (Å²) in [5.74, 6) is -8.62. The van der Waals surface area contributed by atoms with Gasteiger partial charge in [-0.15, -0.1) is 0 Å². The lowest BCUT2D eigenvalue weighted by molar-refractivity contribution is -0.339. The standard InChI is InChI=1S/C36H37NO14/c1-37-35(48)13-14-49-29-19-34(47,33(45)46)23(15-20-5-3-2-4-6-20)32(50-31(44)18-26(40)22-9-11-25(39)28(42)17-22)36(29,35)51-30(43)12-8-21-7-10-24(38)27(41)16-21/h2-12,16-17,23,29,32,37-39,41-42,47-48H,13-15,18-19H2,1H3,(H,45,46)/t23-,29+,32-,34-,35+,36+/m1/s1. The van der Waals surface area contributed by atoms with Crippen LogP contribution in [0.25, 0.3) is 6.08 Å². The summed E-state index contributed by atoms with van der Waals surface area (Å²) in [6.07, 6.45) is -3.71. The molecule has 2 fully saturated rings. The number of hydrogen-bond donors (Lipinski definition) is 8. The monoisotopic (exact) mass is 707 g/mol. The highest BCUT2D eigenvalue weighted by Gasteiger charge is 2.75. The third-order valence-electron chi connectivity index (χ3n) is 9.43. The zero-order valence-electron chi connectivity index (χ0n) is 27.3. The molecule has 8 N–H and O–H groups in total. The topological polar surface area (TPSA) is 250 Å². The summed E-state index contributed by atoms with van der Waals surface area (Å²) < 4.78 is 17.8. The lowest BCUT2D eigenvalue weighted by atomic mass is 9.58. The number of carbonyl (C=O) groups is 4. The average molecular weight is 708 g/mol. The van der Waals surface area contributed by atoms with Crippen LogP contribution in [0, 0.1) is 5.92 Å². The molecule has 1 aliphatic carbocycles. The maximum atomic E-state index is 13.7. The minimum Gasteiger partial charge on any atom is -0.504 e. The summed E-state index contributed by atoms with van der Waals surface area (Å²) in [6.45, 7) is -0.202. The highest BCUT2D eigenvalue weighted by Crippen LogP contribution is 2.53. The van der Waals surface area contributed by atoms with E-state index in [2.05, 4.69) is 5.32 Å². The molecule has 0 bridgehead atoms. The van der Waals surface area contributed by atoms with Gasteiger partial charge in [0, 0.05) is 30.4 Å². The number of ketones is 1. The number of carboxylic acids is 1. The molecule has 0 aromatic heterocycles. The van der Waals surface area contributed by atoms with Crippen LogP contribution < -0.4 is 5.32 Å². The van der Waals surface area contributed by atoms with Crippen molar-refractivity contribution in [1.29, 1.82) is 0 Å². The van der Waals surface area contributed by atoms with Crippen LogP contribution in [0.4, 0.5) is 0 Å². The Balaban J connectivity index is 1.62. The van der Waals surface area contributed by atoms with Crippen molar-refractivity contribution in [1.82, 2.24) is 5.32 Å². The number of fused-ring (bicyclic) bond motifs is 1. The smallest absolute Gasteiger partial charge is 0.336 e. The summed E-state index contributed by atoms with van der Waals surface area (Å²) in [5.41, 5.74) is -6.86. The number of phenolic OH excluding ortho intramolecular Hbond substituents is 4. The van der Waals surface area contributed by atoms with E-state index >= 15 is 0 Å². The van der Waals surface area contributed by atoms with E-state index in [0.29, 0.717) is 5.56 Å². The summed E-state index contributed by atoms with van der Waals surface area (Å²) in [6, 6.07) is 15.1. The number of likely N-dealkylation sites (N-methyl/N-ethyl adjacent to an activating group) is 1. The van der Waals surface area contributed by atoms with Gasteiger partial charge in [0.05, 0.1) is 6.61 Å². The maximum Gasteiger partial charge on any atom is 0.336 e. The van der Waals surface area contributed by atoms with E-state index in [-0.39, 0.29) is 30.6 Å². The number of aliphatic carboxylic acids is 1. The van der Waals surface area contributed by atoms with E-state index in [1.165, 1.54) is 25.3 Å². The van der Waals surface area contributed by atoms with Crippen molar-refractivity contribution in [2.24, 2.45) is 5.92 Å². The van der Waals surface area contributed by atoms with Crippen LogP contribution in [0.5, 0.6) is 23.0 Å². The summed E-state index contributed by atoms with van der Waals surface area (Å²) in [4.78, 5) is 53.3. The third kappa shape index (κ3) is 7.09. The molecule has 6 atom stereocenters. The number of rotatable bonds is 11. The molecule has 1 aliphatic heterocycles. The molecule has 1 saturated carbocycles. The number of phenols is 4. The van der Waals surface area contributed by atoms with Crippen molar-refractivity contribution in [2.75, 3.05) is 13.7 Å². The Bertz CT molecular complexity index is 1850. The first-order valence-corrected chi connectivity index (χ1v) is 15.8. The number of carbonyl (C=O) groups excluding carboxylic acids is 3. The number of hydrogen-bond acceptors (Lipinski definition) is 14. The van der Waals surface area contributed by atoms with Crippen LogP contribution in [0.15, 0.2) is 72.8 Å². The van der Waals surface area contributed by atoms with Crippen molar-refractivity contribution in [3.63, 3.8) is 0 Å². The predicted octanol–water partition coefficient (Wildman–Crippen LogP) is 1.76. The van der Waals surface area contributed by atoms with Crippen LogP contribution >= 0.6 is 0 Å². The van der Waals surface area contributed by atoms with Crippen LogP contribution in [0.3, 0.4) is 0 Å². The fourth-order valence-corrected chi connectivity index (χ4v) is 6.76. The van der Waals surface area contributed by atoms with E-state index in [1.807, 2.05) is 0 Å². The molecule has 1 saturated heterocycles. The van der Waals surface area contributed by atoms with Crippen molar-refractivity contribution in [3.8, 4) is 23.0 Å². The first kappa shape index (κ1) is 36.8. The van der Waals surface area contributed by atoms with Crippen LogP contribution in [0.1, 0.15) is 40.7 Å². The third-order valence-corrected chi connectivity index (χ3v) is 9.43. The number of aliphatic hydroxyl groups is 2. The first-order chi connectivity index (χ1) is 24.1. The van der Waals surface area contributed by atoms with Crippen LogP contribution in [0.2, 0.25) is 0 Å². The molecule has 15 nitrogen and oxygen atoms in total. The molecule has 0 radical (unpaired) electrons. The number of Topliss-reactive ketones (excluding diaryl/α,β-unsaturated/α-hetero) is 1. The van der Waals surface area contributed by atoms with Crippen molar-refractivity contribution in [2.45, 2.75) is 54.8 Å². The van der Waals surface area contributed by atoms with E-state index in [1.54, 1.807) is 30.3 Å². The summed E-state index contributed by atoms with van der Waals surface area (Å²) >= 11 is 0. The molecule has 51 heavy (non-hydrogen) atoms. The van der Waals surface area contributed by atoms with E-state index in [0.717, 1.165) is 30.3 Å². The van der Waals surface area contributed by atoms with Gasteiger partial charge in [-0.3, -0.25) is 14.9 Å². The number of aromatic hydroxyl groups is 4. The lowest BCUT2D eigenvalue weighted by Gasteiger charge is -2.61. The van der Waals surface area contributed by atoms with Crippen molar-refractivity contribution in [3.05, 3.63) is 89.5 Å². The second kappa shape index (κ2) is 14.4. The Labute approximate surface area is 291 Å². The Morgan fingerprint density at radius 3 is 2.22 bits per heavy atom. The molecule has 1 heterocycles. The lowest BCUT2D eigenvalue weighted by Crippen LogP contribution is -2.83. The second-order valence-electron chi connectivity index (χ2n) is 12.5. The molecule has 3 aromatic rings. The molecule has 3 aromatic carbocycles. The molecule has 270 valence electrons. The Hall–Kier alpha value is -5.48. The molecule has 15 heteroatoms. The van der Waals surface area contributed by atoms with Gasteiger partial charge in [0.2, 0.25) is 5.60 Å². The van der Waals surface area contributed by atoms with Gasteiger partial charge in [0.25, 0.3) is 0 Å². The molecule has 2 aliphatic rings. The van der Waals surface area contributed by atoms with E-state index in [9.17, 15) is 54.9 Å². The Morgan fingerprint density at radius 2 is 1.59 bits per heavy atom. The highest BCUT2D eigenvalue weighted by molar-refractivity contribution is 6.06. The van der Waals surface area contributed by atoms with Crippen LogP contribution in [-0.4, -0.2) is 102 Å². The van der Waals surface area contributed by atoms with Crippen molar-refractivity contribution >= 4 is 29.8 Å². The number of esters is 2. The van der Waals surface area contributed by atoms with E-state index in [4.69, 9.17) is 14.2 Å². The quantitative estimate of drug-likeness (QED) is 0.0353. The van der Waals surface area contributed by atoms with Gasteiger partial charge < -0.3 is 50.0 Å². The molecule has 5 rings (SSSR count). The maximum absolute atomic E-state index is 13.7. The zero-order chi connectivity index (χ0) is 37.1. The normalized spacial score (nSPS) is 27.3. The Morgan fingerprint density at radius 1 is 0.922 bits per heavy atom. The number of ether oxygens (including phenoxy) is 3. The number of nitrogens with one attached hydrogen (secondary N) is 1. The highest BCUT2D eigenvalue weighted by atomic mass is 16.6. The van der Waals surface area contributed by atoms with Gasteiger partial charge in [-0.25, -0.2) is 9.59 Å². The van der Waals surface area contributed by atoms with Gasteiger partial charge in [-0.05, 0) is 61.0 Å². The van der Waals surface area contributed by atoms with E-state index < -0.39 is 94.6 Å². The second-order valence-corrected chi connectivity index (χ2v) is 12.5. The molecule has 0 amide bonds. The van der Waals surface area contributed by atoms with Gasteiger partial charge in [0.15, 0.2) is 46.2 Å². The number of benzene rings is 3. The molecule has 0 unspecified atom stereocenters. The minimum absolute atomic E-state index is 0.175. The largest absolute Gasteiger partial charge is 0.504 e. The fraction of sp³-hybridized carbons (Fsp3) is 0.333. The van der Waals surface area contributed by atoms with Gasteiger partial charge in [-0.2, -0.15) is 0 Å².